The second kappa shape index (κ2) is 12.4. The number of methoxy groups -OCH3 is 2. The molecule has 2 rings (SSSR count). The van der Waals surface area contributed by atoms with Gasteiger partial charge in [-0.05, 0) is 79.3 Å². The lowest BCUT2D eigenvalue weighted by Gasteiger charge is -2.28. The molecule has 0 spiro atoms. The van der Waals surface area contributed by atoms with Gasteiger partial charge in [0, 0.05) is 13.2 Å². The molecule has 0 saturated heterocycles. The molecule has 154 valence electrons. The highest BCUT2D eigenvalue weighted by atomic mass is 16.5. The molecule has 4 heteroatoms. The Bertz CT molecular complexity index is 686. The van der Waals surface area contributed by atoms with E-state index in [9.17, 15) is 10.2 Å². The van der Waals surface area contributed by atoms with Crippen LogP contribution in [0.2, 0.25) is 0 Å². The second-order valence-electron chi connectivity index (χ2n) is 7.36. The van der Waals surface area contributed by atoms with Crippen LogP contribution in [-0.4, -0.2) is 37.6 Å². The van der Waals surface area contributed by atoms with Crippen LogP contribution in [0.15, 0.2) is 48.5 Å². The molecule has 2 aromatic rings. The Morgan fingerprint density at radius 2 is 1.25 bits per heavy atom. The van der Waals surface area contributed by atoms with Gasteiger partial charge in [-0.15, -0.1) is 0 Å². The third-order valence-corrected chi connectivity index (χ3v) is 5.41. The minimum atomic E-state index is 0.184. The summed E-state index contributed by atoms with van der Waals surface area (Å²) in [5.41, 5.74) is 2.48. The summed E-state index contributed by atoms with van der Waals surface area (Å²) in [5.74, 6) is 2.53. The Morgan fingerprint density at radius 1 is 0.714 bits per heavy atom. The predicted molar refractivity (Wildman–Crippen MR) is 113 cm³/mol. The molecule has 0 amide bonds. The Hall–Kier alpha value is -2.04. The fourth-order valence-electron chi connectivity index (χ4n) is 3.90. The number of ether oxygens (including phenoxy) is 2. The fraction of sp³-hybridized carbons (Fsp3) is 0.500. The summed E-state index contributed by atoms with van der Waals surface area (Å²) in [5, 5.41) is 18.9. The third kappa shape index (κ3) is 7.17. The van der Waals surface area contributed by atoms with Crippen LogP contribution in [0.5, 0.6) is 11.5 Å². The Labute approximate surface area is 169 Å². The molecular formula is C24H34O4. The van der Waals surface area contributed by atoms with E-state index in [0.717, 1.165) is 50.0 Å². The first-order chi connectivity index (χ1) is 13.7. The zero-order valence-corrected chi connectivity index (χ0v) is 17.1. The second-order valence-corrected chi connectivity index (χ2v) is 7.36. The third-order valence-electron chi connectivity index (χ3n) is 5.41. The lowest BCUT2D eigenvalue weighted by Crippen LogP contribution is -2.21. The smallest absolute Gasteiger partial charge is 0.119 e. The van der Waals surface area contributed by atoms with E-state index in [0.29, 0.717) is 11.8 Å². The van der Waals surface area contributed by atoms with Crippen molar-refractivity contribution in [3.63, 3.8) is 0 Å². The Balaban J connectivity index is 2.19. The van der Waals surface area contributed by atoms with Crippen LogP contribution < -0.4 is 9.47 Å². The number of unbranched alkanes of at least 4 members (excludes halogenated alkanes) is 1. The van der Waals surface area contributed by atoms with Gasteiger partial charge in [0.15, 0.2) is 0 Å². The minimum absolute atomic E-state index is 0.184. The largest absolute Gasteiger partial charge is 0.497 e. The highest BCUT2D eigenvalue weighted by Crippen LogP contribution is 2.30. The summed E-state index contributed by atoms with van der Waals surface area (Å²) in [7, 11) is 3.38. The van der Waals surface area contributed by atoms with Crippen LogP contribution in [-0.2, 0) is 12.8 Å². The summed E-state index contributed by atoms with van der Waals surface area (Å²) in [6, 6.07) is 16.4. The first kappa shape index (κ1) is 22.3. The van der Waals surface area contributed by atoms with Crippen molar-refractivity contribution in [2.75, 3.05) is 27.4 Å². The maximum atomic E-state index is 9.70. The number of hydrogen-bond acceptors (Lipinski definition) is 4. The van der Waals surface area contributed by atoms with Gasteiger partial charge in [0.05, 0.1) is 14.2 Å². The Morgan fingerprint density at radius 3 is 1.71 bits per heavy atom. The molecule has 0 aromatic heterocycles. The summed E-state index contributed by atoms with van der Waals surface area (Å²) in [6.45, 7) is 0.412. The van der Waals surface area contributed by atoms with Crippen molar-refractivity contribution in [1.29, 1.82) is 0 Å². The van der Waals surface area contributed by atoms with E-state index in [1.165, 1.54) is 11.1 Å². The van der Waals surface area contributed by atoms with Crippen molar-refractivity contribution in [1.82, 2.24) is 0 Å². The van der Waals surface area contributed by atoms with E-state index in [4.69, 9.17) is 9.47 Å². The van der Waals surface area contributed by atoms with Crippen LogP contribution in [0, 0.1) is 11.8 Å². The van der Waals surface area contributed by atoms with Crippen molar-refractivity contribution < 1.29 is 19.7 Å². The maximum absolute atomic E-state index is 9.70. The van der Waals surface area contributed by atoms with E-state index in [1.807, 2.05) is 24.3 Å². The number of hydrogen-bond donors (Lipinski definition) is 2. The van der Waals surface area contributed by atoms with Gasteiger partial charge in [-0.1, -0.05) is 30.7 Å². The average Bonchev–Trinajstić information content (AvgIpc) is 2.73. The molecule has 2 N–H and O–H groups in total. The predicted octanol–water partition coefficient (Wildman–Crippen LogP) is 4.27. The molecule has 2 aromatic carbocycles. The fourth-order valence-corrected chi connectivity index (χ4v) is 3.90. The number of aliphatic hydroxyl groups excluding tert-OH is 2. The van der Waals surface area contributed by atoms with Crippen molar-refractivity contribution in [3.05, 3.63) is 59.7 Å². The molecule has 2 atom stereocenters. The molecule has 0 aliphatic heterocycles. The molecule has 0 fully saturated rings. The van der Waals surface area contributed by atoms with Gasteiger partial charge in [-0.25, -0.2) is 0 Å². The lowest BCUT2D eigenvalue weighted by molar-refractivity contribution is 0.203. The molecule has 0 unspecified atom stereocenters. The molecular weight excluding hydrogens is 352 g/mol. The lowest BCUT2D eigenvalue weighted by atomic mass is 9.78. The summed E-state index contributed by atoms with van der Waals surface area (Å²) in [4.78, 5) is 0. The van der Waals surface area contributed by atoms with Gasteiger partial charge >= 0.3 is 0 Å². The molecule has 0 aliphatic rings. The first-order valence-electron chi connectivity index (χ1n) is 10.2. The summed E-state index contributed by atoms with van der Waals surface area (Å²) in [6.07, 6.45) is 5.46. The van der Waals surface area contributed by atoms with E-state index < -0.39 is 0 Å². The van der Waals surface area contributed by atoms with Crippen LogP contribution in [0.3, 0.4) is 0 Å². The molecule has 28 heavy (non-hydrogen) atoms. The summed E-state index contributed by atoms with van der Waals surface area (Å²) >= 11 is 0. The zero-order valence-electron chi connectivity index (χ0n) is 17.1. The van der Waals surface area contributed by atoms with E-state index in [1.54, 1.807) is 14.2 Å². The summed E-state index contributed by atoms with van der Waals surface area (Å²) < 4.78 is 10.7. The zero-order chi connectivity index (χ0) is 20.2. The Kier molecular flexibility index (Phi) is 9.87. The average molecular weight is 387 g/mol. The van der Waals surface area contributed by atoms with Crippen molar-refractivity contribution >= 4 is 0 Å². The van der Waals surface area contributed by atoms with Crippen molar-refractivity contribution in [2.24, 2.45) is 11.8 Å². The van der Waals surface area contributed by atoms with Gasteiger partial charge in [-0.3, -0.25) is 0 Å². The van der Waals surface area contributed by atoms with Crippen molar-refractivity contribution in [3.8, 4) is 11.5 Å². The maximum Gasteiger partial charge on any atom is 0.119 e. The molecule has 0 bridgehead atoms. The van der Waals surface area contributed by atoms with E-state index in [-0.39, 0.29) is 13.2 Å². The van der Waals surface area contributed by atoms with Gasteiger partial charge < -0.3 is 19.7 Å². The normalized spacial score (nSPS) is 13.1. The number of rotatable bonds is 13. The minimum Gasteiger partial charge on any atom is -0.497 e. The monoisotopic (exact) mass is 386 g/mol. The molecule has 4 nitrogen and oxygen atoms in total. The van der Waals surface area contributed by atoms with Crippen LogP contribution in [0.1, 0.15) is 36.8 Å². The number of aliphatic hydroxyl groups is 2. The van der Waals surface area contributed by atoms with Crippen LogP contribution >= 0.6 is 0 Å². The first-order valence-corrected chi connectivity index (χ1v) is 10.2. The SMILES string of the molecule is COc1cccc(C[C@H](CCO)[C@@H](CCCCO)Cc2cccc(OC)c2)c1. The van der Waals surface area contributed by atoms with E-state index >= 15 is 0 Å². The van der Waals surface area contributed by atoms with Crippen LogP contribution in [0.25, 0.3) is 0 Å². The van der Waals surface area contributed by atoms with Gasteiger partial charge in [0.2, 0.25) is 0 Å². The molecule has 0 radical (unpaired) electrons. The van der Waals surface area contributed by atoms with Crippen LogP contribution in [0.4, 0.5) is 0 Å². The van der Waals surface area contributed by atoms with Crippen molar-refractivity contribution in [2.45, 2.75) is 38.5 Å². The van der Waals surface area contributed by atoms with Gasteiger partial charge in [-0.2, -0.15) is 0 Å². The highest BCUT2D eigenvalue weighted by Gasteiger charge is 2.22. The van der Waals surface area contributed by atoms with Gasteiger partial charge in [0.25, 0.3) is 0 Å². The quantitative estimate of drug-likeness (QED) is 0.505. The molecule has 0 saturated carbocycles. The molecule has 0 heterocycles. The topological polar surface area (TPSA) is 58.9 Å². The molecule has 0 aliphatic carbocycles. The van der Waals surface area contributed by atoms with E-state index in [2.05, 4.69) is 24.3 Å². The highest BCUT2D eigenvalue weighted by molar-refractivity contribution is 5.30. The standard InChI is InChI=1S/C24H34O4/c1-27-23-10-5-7-19(17-23)15-21(9-3-4-13-25)22(12-14-26)16-20-8-6-11-24(18-20)28-2/h5-8,10-11,17-18,21-22,25-26H,3-4,9,12-16H2,1-2H3/t21-,22-/m0/s1. The van der Waals surface area contributed by atoms with Gasteiger partial charge in [0.1, 0.15) is 11.5 Å². The number of benzene rings is 2.